The molecule has 0 aliphatic carbocycles. The number of hydrogen-bond acceptors (Lipinski definition) is 22. The number of nitrogens with zero attached hydrogens (tertiary/aromatic N) is 5. The van der Waals surface area contributed by atoms with Crippen molar-refractivity contribution in [3.63, 3.8) is 0 Å². The molecule has 41 nitrogen and oxygen atoms in total. The first-order valence-electron chi connectivity index (χ1n) is 45.9. The number of unbranched alkanes of at least 4 members (excludes halogenated alkanes) is 3. The summed E-state index contributed by atoms with van der Waals surface area (Å²) in [6.07, 6.45) is 3.95. The van der Waals surface area contributed by atoms with Crippen LogP contribution in [0, 0.1) is 17.2 Å². The lowest BCUT2D eigenvalue weighted by molar-refractivity contribution is -0.149. The minimum atomic E-state index is -1.87. The fourth-order valence-corrected chi connectivity index (χ4v) is 17.8. The monoisotopic (exact) mass is 1880 g/mol. The summed E-state index contributed by atoms with van der Waals surface area (Å²) in [5.41, 5.74) is 19.9. The Bertz CT molecular complexity index is 4970. The maximum atomic E-state index is 15.8. The second-order valence-electron chi connectivity index (χ2n) is 35.0. The number of aliphatic hydroxyl groups is 1. The highest BCUT2D eigenvalue weighted by Gasteiger charge is 2.46. The van der Waals surface area contributed by atoms with Crippen LogP contribution >= 0.6 is 11.8 Å². The van der Waals surface area contributed by atoms with Crippen molar-refractivity contribution in [1.82, 2.24) is 87.6 Å². The summed E-state index contributed by atoms with van der Waals surface area (Å²) < 4.78 is 0. The van der Waals surface area contributed by atoms with Gasteiger partial charge in [-0.2, -0.15) is 0 Å². The predicted molar refractivity (Wildman–Crippen MR) is 499 cm³/mol. The molecule has 0 saturated carbocycles. The molecule has 3 aromatic carbocycles. The van der Waals surface area contributed by atoms with Crippen molar-refractivity contribution in [3.8, 4) is 5.75 Å². The van der Waals surface area contributed by atoms with Crippen molar-refractivity contribution in [2.24, 2.45) is 29.0 Å². The number of aromatic nitrogens is 2. The molecule has 3 saturated heterocycles. The summed E-state index contributed by atoms with van der Waals surface area (Å²) in [6, 6.07) is 0.506. The highest BCUT2D eigenvalue weighted by Crippen LogP contribution is 2.30. The van der Waals surface area contributed by atoms with Gasteiger partial charge in [0.2, 0.25) is 88.6 Å². The largest absolute Gasteiger partial charge is 0.508 e. The Hall–Kier alpha value is -12.7. The third-order valence-corrected chi connectivity index (χ3v) is 25.6. The lowest BCUT2D eigenvalue weighted by Gasteiger charge is -2.36. The van der Waals surface area contributed by atoms with Gasteiger partial charge >= 0.3 is 5.97 Å². The molecule has 22 N–H and O–H groups in total. The number of phenols is 1. The van der Waals surface area contributed by atoms with Crippen LogP contribution in [0.1, 0.15) is 167 Å². The number of H-pyrrole nitrogens is 2. The lowest BCUT2D eigenvalue weighted by Crippen LogP contribution is -2.61. The van der Waals surface area contributed by atoms with Crippen LogP contribution in [0.25, 0.3) is 21.8 Å². The molecule has 134 heavy (non-hydrogen) atoms. The number of aliphatic carboxylic acids is 1. The van der Waals surface area contributed by atoms with E-state index in [0.29, 0.717) is 77.0 Å². The number of phenolic OH excluding ortho intramolecular Hbond substituents is 1. The second kappa shape index (κ2) is 52.1. The first kappa shape index (κ1) is 107. The third-order valence-electron chi connectivity index (χ3n) is 24.5. The number of amides is 15. The lowest BCUT2D eigenvalue weighted by atomic mass is 9.90. The van der Waals surface area contributed by atoms with E-state index in [4.69, 9.17) is 22.6 Å². The van der Waals surface area contributed by atoms with E-state index in [1.807, 2.05) is 39.8 Å². The molecule has 0 radical (unpaired) electrons. The minimum absolute atomic E-state index is 0.00705. The zero-order valence-electron chi connectivity index (χ0n) is 77.4. The Labute approximate surface area is 782 Å². The summed E-state index contributed by atoms with van der Waals surface area (Å²) in [5, 5.41) is 67.5. The highest BCUT2D eigenvalue weighted by atomic mass is 32.2. The molecule has 3 fully saturated rings. The molecule has 0 unspecified atom stereocenters. The van der Waals surface area contributed by atoms with Crippen molar-refractivity contribution in [1.29, 1.82) is 5.41 Å². The Morgan fingerprint density at radius 1 is 0.545 bits per heavy atom. The van der Waals surface area contributed by atoms with Crippen LogP contribution in [0.2, 0.25) is 0 Å². The van der Waals surface area contributed by atoms with E-state index in [9.17, 15) is 63.3 Å². The van der Waals surface area contributed by atoms with E-state index >= 15 is 33.6 Å². The van der Waals surface area contributed by atoms with Gasteiger partial charge in [-0.1, -0.05) is 102 Å². The Kier molecular flexibility index (Phi) is 41.4. The topological polar surface area (TPSA) is 621 Å². The maximum absolute atomic E-state index is 15.8. The van der Waals surface area contributed by atoms with Gasteiger partial charge in [-0.3, -0.25) is 86.9 Å². The standard InChI is InChI=1S/C92H133N21O20S/c1-9-11-28-72-85(127)102-64(27-19-37-97-92(95)96)83(125)108-70(81(123)100-48-76(94)117)50-134-51-77(118)101-66(41-54-32-34-58(115)35-33-54)87(129)109(6)53(5)79(121)104-68(45-78(119)120)90(132)113-39-21-31-73(113)86(128)103-63(26-17-18-36-93)82(124)105-65(40-52(3)4)89(131)112-38-20-30-71(112)75(116)44-55(42-56-46-98-61-24-15-13-22-59(56)61)80(122)107-69(49-114)84(126)106-67(43-57-47-99-62-25-16-14-23-60(57)62)88(130)111(8)74(29-12-10-2)91(133)110(72)7/h13-16,22-25,32-35,46-47,52-53,55,63-74,98-99,114-115H,9-12,17-21,26-31,36-45,48-51,93H2,1-8H3,(H2,94,117)(H,100,123)(H,101,118)(H,102,127)(H,103,128)(H,104,121)(H,105,124)(H,106,126)(H,107,122)(H,108,125)(H,119,120)(H4,95,96,97)/t53-,55+,63-,64-,65-,66-,67-,68-,69-,70-,71-,72-,73-,74-/m0/s1. The van der Waals surface area contributed by atoms with Crippen LogP contribution in [-0.2, 0) is 101 Å². The maximum Gasteiger partial charge on any atom is 0.305 e. The van der Waals surface area contributed by atoms with E-state index in [1.54, 1.807) is 48.8 Å². The summed E-state index contributed by atoms with van der Waals surface area (Å²) in [5.74, 6) is -18.7. The number of para-hydroxylation sites is 2. The van der Waals surface area contributed by atoms with Gasteiger partial charge in [-0.25, -0.2) is 0 Å². The second-order valence-corrected chi connectivity index (χ2v) is 36.0. The molecule has 42 heteroatoms. The molecule has 5 aromatic rings. The summed E-state index contributed by atoms with van der Waals surface area (Å²) in [7, 11) is 3.93. The van der Waals surface area contributed by atoms with Crippen molar-refractivity contribution in [2.45, 2.75) is 248 Å². The number of carboxylic acid groups (broad SMARTS) is 1. The summed E-state index contributed by atoms with van der Waals surface area (Å²) in [6.45, 7) is 6.91. The number of fused-ring (bicyclic) bond motifs is 4. The van der Waals surface area contributed by atoms with E-state index < -0.39 is 228 Å². The first-order chi connectivity index (χ1) is 63.9. The number of ketones is 1. The van der Waals surface area contributed by atoms with Gasteiger partial charge in [0.15, 0.2) is 11.7 Å². The summed E-state index contributed by atoms with van der Waals surface area (Å²) in [4.78, 5) is 262. The number of nitrogens with two attached hydrogens (primary N) is 3. The van der Waals surface area contributed by atoms with Gasteiger partial charge in [0.25, 0.3) is 0 Å². The normalized spacial score (nSPS) is 24.4. The van der Waals surface area contributed by atoms with E-state index in [-0.39, 0.29) is 121 Å². The number of hydrogen-bond donors (Lipinski definition) is 19. The molecular weight excluding hydrogens is 1750 g/mol. The van der Waals surface area contributed by atoms with E-state index in [2.05, 4.69) is 63.1 Å². The van der Waals surface area contributed by atoms with E-state index in [1.165, 1.54) is 57.2 Å². The van der Waals surface area contributed by atoms with Crippen molar-refractivity contribution in [2.75, 3.05) is 72.0 Å². The number of Topliss-reactive ketones (excluding diaryl/α,β-unsaturated/α-hetero) is 1. The number of carbonyl (C=O) groups is 17. The number of carbonyl (C=O) groups excluding carboxylic acids is 16. The number of thioether (sulfide) groups is 1. The molecule has 15 amide bonds. The molecular formula is C92H133N21O20S. The van der Waals surface area contributed by atoms with Crippen LogP contribution in [0.15, 0.2) is 85.2 Å². The molecule has 8 rings (SSSR count). The quantitative estimate of drug-likeness (QED) is 0.0177. The molecule has 3 aliphatic heterocycles. The minimum Gasteiger partial charge on any atom is -0.508 e. The molecule has 0 bridgehead atoms. The van der Waals surface area contributed by atoms with Crippen LogP contribution in [0.3, 0.4) is 0 Å². The van der Waals surface area contributed by atoms with Crippen LogP contribution in [0.5, 0.6) is 5.75 Å². The number of carboxylic acids is 1. The first-order valence-corrected chi connectivity index (χ1v) is 47.0. The van der Waals surface area contributed by atoms with Gasteiger partial charge in [0, 0.05) is 106 Å². The Morgan fingerprint density at radius 3 is 1.66 bits per heavy atom. The third kappa shape index (κ3) is 30.4. The number of aromatic amines is 2. The number of aliphatic hydroxyl groups excluding tert-OH is 1. The van der Waals surface area contributed by atoms with Crippen molar-refractivity contribution in [3.05, 3.63) is 102 Å². The smallest absolute Gasteiger partial charge is 0.305 e. The van der Waals surface area contributed by atoms with Gasteiger partial charge in [-0.15, -0.1) is 11.8 Å². The number of rotatable bonds is 28. The zero-order chi connectivity index (χ0) is 98.2. The van der Waals surface area contributed by atoms with Crippen molar-refractivity contribution < 1.29 is 96.8 Å². The average Bonchev–Trinajstić information content (AvgIpc) is 1.20. The zero-order valence-corrected chi connectivity index (χ0v) is 78.2. The number of likely N-dealkylation sites (N-methyl/N-ethyl adjacent to an activating group) is 3. The fraction of sp³-hybridized carbons (Fsp3) is 0.565. The number of aromatic hydroxyl groups is 1. The molecule has 732 valence electrons. The Morgan fingerprint density at radius 2 is 1.07 bits per heavy atom. The average molecular weight is 1890 g/mol. The molecule has 3 aliphatic rings. The van der Waals surface area contributed by atoms with Gasteiger partial charge in [-0.05, 0) is 144 Å². The predicted octanol–water partition coefficient (Wildman–Crippen LogP) is -0.0465. The van der Waals surface area contributed by atoms with Gasteiger partial charge < -0.3 is 120 Å². The van der Waals surface area contributed by atoms with Crippen molar-refractivity contribution >= 4 is 140 Å². The van der Waals surface area contributed by atoms with E-state index in [0.717, 1.165) is 31.4 Å². The van der Waals surface area contributed by atoms with Crippen LogP contribution in [0.4, 0.5) is 0 Å². The van der Waals surface area contributed by atoms with Gasteiger partial charge in [0.05, 0.1) is 31.4 Å². The van der Waals surface area contributed by atoms with Crippen LogP contribution < -0.4 is 70.4 Å². The SMILES string of the molecule is CCCC[C@H]1C(=O)N(C)[C@@H](CCCC)C(=O)N[C@@H](CCCNC(=N)N)C(=O)N[C@H](C(=O)NCC(N)=O)CSCC(=O)N[C@@H](Cc2ccc(O)cc2)C(=O)N(C)[C@@H](C)C(=O)N[C@@H](CC(=O)O)C(=O)N2CCC[C@H]2C(=O)N[C@@H](CCCCN)C(=O)N[C@@H](CC(C)C)C(=O)N2CCC[C@H]2C(=O)C[C@@H](Cc2c[nH]c3ccccc23)C(=O)N[C@@H](CO)C(=O)N[C@@H](Cc2c[nH]c3ccccc23)C(=O)N1C. The molecule has 14 atom stereocenters. The number of primary amides is 1. The number of benzene rings is 3. The molecule has 2 aromatic heterocycles. The highest BCUT2D eigenvalue weighted by molar-refractivity contribution is 8.00. The molecule has 0 spiro atoms. The fourth-order valence-electron chi connectivity index (χ4n) is 17.0. The van der Waals surface area contributed by atoms with Crippen LogP contribution in [-0.4, -0.2) is 307 Å². The Balaban J connectivity index is 1.19. The molecule has 5 heterocycles. The number of guanidine groups is 1. The number of nitrogens with one attached hydrogen (secondary N) is 13. The van der Waals surface area contributed by atoms with Gasteiger partial charge in [0.1, 0.15) is 78.3 Å². The summed E-state index contributed by atoms with van der Waals surface area (Å²) >= 11 is 0.761.